The Kier molecular flexibility index (Phi) is 5.76. The monoisotopic (exact) mass is 426 g/mol. The fourth-order valence-corrected chi connectivity index (χ4v) is 2.89. The highest BCUT2D eigenvalue weighted by Gasteiger charge is 2.14. The molecule has 1 amide bonds. The van der Waals surface area contributed by atoms with E-state index in [-0.39, 0.29) is 24.1 Å². The molecule has 0 saturated carbocycles. The molecule has 9 heteroatoms. The van der Waals surface area contributed by atoms with E-state index in [1.165, 1.54) is 36.7 Å². The average Bonchev–Trinajstić information content (AvgIpc) is 3.37. The second-order valence-corrected chi connectivity index (χ2v) is 6.79. The van der Waals surface area contributed by atoms with E-state index in [1.807, 2.05) is 18.2 Å². The molecule has 0 atom stereocenters. The van der Waals surface area contributed by atoms with E-state index in [1.54, 1.807) is 16.8 Å². The summed E-state index contributed by atoms with van der Waals surface area (Å²) in [5.41, 5.74) is 0.960. The van der Waals surface area contributed by atoms with Gasteiger partial charge in [0.2, 0.25) is 5.95 Å². The molecular weight excluding hydrogens is 411 g/mol. The first-order valence-electron chi connectivity index (χ1n) is 8.97. The van der Waals surface area contributed by atoms with Gasteiger partial charge in [0, 0.05) is 5.02 Å². The third-order valence-corrected chi connectivity index (χ3v) is 4.31. The molecule has 7 nitrogen and oxygen atoms in total. The van der Waals surface area contributed by atoms with E-state index in [9.17, 15) is 9.18 Å². The maximum absolute atomic E-state index is 12.9. The molecule has 1 N–H and O–H groups in total. The molecule has 30 heavy (non-hydrogen) atoms. The fourth-order valence-electron chi connectivity index (χ4n) is 2.68. The predicted molar refractivity (Wildman–Crippen MR) is 108 cm³/mol. The summed E-state index contributed by atoms with van der Waals surface area (Å²) in [4.78, 5) is 16.4. The summed E-state index contributed by atoms with van der Waals surface area (Å²) >= 11 is 5.98. The first-order chi connectivity index (χ1) is 14.5. The zero-order valence-corrected chi connectivity index (χ0v) is 16.3. The highest BCUT2D eigenvalue weighted by atomic mass is 35.5. The summed E-state index contributed by atoms with van der Waals surface area (Å²) in [6.07, 6.45) is 1.51. The Morgan fingerprint density at radius 3 is 2.80 bits per heavy atom. The molecule has 4 rings (SSSR count). The minimum absolute atomic E-state index is 0.0962. The number of hydrogen-bond acceptors (Lipinski definition) is 5. The van der Waals surface area contributed by atoms with Crippen LogP contribution in [-0.2, 0) is 13.2 Å². The van der Waals surface area contributed by atoms with Crippen LogP contribution in [0.3, 0.4) is 0 Å². The topological polar surface area (TPSA) is 82.2 Å². The summed E-state index contributed by atoms with van der Waals surface area (Å²) in [7, 11) is 0. The van der Waals surface area contributed by atoms with E-state index < -0.39 is 5.91 Å². The van der Waals surface area contributed by atoms with Gasteiger partial charge in [-0.3, -0.25) is 10.1 Å². The number of carbonyl (C=O) groups excluding carboxylic acids is 1. The van der Waals surface area contributed by atoms with Crippen LogP contribution in [0.1, 0.15) is 21.9 Å². The standard InChI is InChI=1S/C21H16ClFN4O3/c22-15-3-1-2-14(10-15)11-27-13-24-21(26-27)25-20(28)19-9-8-18(30-19)12-29-17-6-4-16(23)5-7-17/h1-10,13H,11-12H2,(H,25,26,28). The van der Waals surface area contributed by atoms with Gasteiger partial charge in [0.15, 0.2) is 5.76 Å². The minimum atomic E-state index is -0.483. The summed E-state index contributed by atoms with van der Waals surface area (Å²) in [5, 5.41) is 7.45. The molecule has 4 aromatic rings. The summed E-state index contributed by atoms with van der Waals surface area (Å²) in [6, 6.07) is 16.2. The van der Waals surface area contributed by atoms with Crippen LogP contribution in [0.2, 0.25) is 5.02 Å². The quantitative estimate of drug-likeness (QED) is 0.469. The Balaban J connectivity index is 1.33. The zero-order valence-electron chi connectivity index (χ0n) is 15.6. The largest absolute Gasteiger partial charge is 0.486 e. The Labute approximate surface area is 176 Å². The molecule has 0 fully saturated rings. The lowest BCUT2D eigenvalue weighted by molar-refractivity contribution is 0.0991. The highest BCUT2D eigenvalue weighted by Crippen LogP contribution is 2.16. The van der Waals surface area contributed by atoms with Crippen molar-refractivity contribution in [1.82, 2.24) is 14.8 Å². The third-order valence-electron chi connectivity index (χ3n) is 4.08. The summed E-state index contributed by atoms with van der Waals surface area (Å²) in [5.74, 6) is 0.366. The van der Waals surface area contributed by atoms with Gasteiger partial charge in [-0.15, -0.1) is 5.10 Å². The van der Waals surface area contributed by atoms with Crippen molar-refractivity contribution in [3.8, 4) is 5.75 Å². The van der Waals surface area contributed by atoms with Crippen LogP contribution in [0.15, 0.2) is 71.4 Å². The lowest BCUT2D eigenvalue weighted by Crippen LogP contribution is -2.12. The number of ether oxygens (including phenoxy) is 1. The number of nitrogens with zero attached hydrogens (tertiary/aromatic N) is 3. The molecule has 0 bridgehead atoms. The van der Waals surface area contributed by atoms with Gasteiger partial charge in [-0.25, -0.2) is 14.1 Å². The van der Waals surface area contributed by atoms with Crippen molar-refractivity contribution in [2.45, 2.75) is 13.2 Å². The Bertz CT molecular complexity index is 1160. The lowest BCUT2D eigenvalue weighted by Gasteiger charge is -2.03. The number of anilines is 1. The van der Waals surface area contributed by atoms with Crippen LogP contribution in [0.4, 0.5) is 10.3 Å². The number of furan rings is 1. The van der Waals surface area contributed by atoms with Crippen LogP contribution in [-0.4, -0.2) is 20.7 Å². The predicted octanol–water partition coefficient (Wildman–Crippen LogP) is 4.54. The number of hydrogen-bond donors (Lipinski definition) is 1. The van der Waals surface area contributed by atoms with Crippen molar-refractivity contribution < 1.29 is 18.3 Å². The van der Waals surface area contributed by atoms with E-state index in [2.05, 4.69) is 15.4 Å². The Morgan fingerprint density at radius 1 is 1.17 bits per heavy atom. The smallest absolute Gasteiger partial charge is 0.293 e. The van der Waals surface area contributed by atoms with Crippen molar-refractivity contribution >= 4 is 23.5 Å². The number of halogens is 2. The van der Waals surface area contributed by atoms with Crippen molar-refractivity contribution in [1.29, 1.82) is 0 Å². The van der Waals surface area contributed by atoms with Gasteiger partial charge in [-0.05, 0) is 54.1 Å². The Morgan fingerprint density at radius 2 is 2.00 bits per heavy atom. The summed E-state index contributed by atoms with van der Waals surface area (Å²) in [6.45, 7) is 0.570. The van der Waals surface area contributed by atoms with E-state index in [0.29, 0.717) is 23.1 Å². The van der Waals surface area contributed by atoms with E-state index in [4.69, 9.17) is 20.8 Å². The number of amides is 1. The second kappa shape index (κ2) is 8.79. The van der Waals surface area contributed by atoms with Gasteiger partial charge in [0.05, 0.1) is 6.54 Å². The lowest BCUT2D eigenvalue weighted by atomic mass is 10.2. The van der Waals surface area contributed by atoms with Crippen molar-refractivity contribution in [2.24, 2.45) is 0 Å². The van der Waals surface area contributed by atoms with Crippen LogP contribution in [0.5, 0.6) is 5.75 Å². The molecule has 2 aromatic heterocycles. The van der Waals surface area contributed by atoms with Gasteiger partial charge >= 0.3 is 0 Å². The second-order valence-electron chi connectivity index (χ2n) is 6.36. The summed E-state index contributed by atoms with van der Waals surface area (Å²) < 4.78 is 25.5. The first kappa shape index (κ1) is 19.7. The molecule has 2 heterocycles. The molecule has 152 valence electrons. The normalized spacial score (nSPS) is 10.7. The molecule has 0 spiro atoms. The molecule has 0 saturated heterocycles. The maximum atomic E-state index is 12.9. The van der Waals surface area contributed by atoms with Gasteiger partial charge in [-0.2, -0.15) is 0 Å². The Hall–Kier alpha value is -3.65. The number of carbonyl (C=O) groups is 1. The van der Waals surface area contributed by atoms with Crippen molar-refractivity contribution in [3.05, 3.63) is 94.9 Å². The van der Waals surface area contributed by atoms with Gasteiger partial charge in [0.1, 0.15) is 30.3 Å². The van der Waals surface area contributed by atoms with Crippen molar-refractivity contribution in [2.75, 3.05) is 5.32 Å². The average molecular weight is 427 g/mol. The third kappa shape index (κ3) is 5.03. The zero-order chi connectivity index (χ0) is 20.9. The number of rotatable bonds is 7. The molecule has 0 radical (unpaired) electrons. The molecule has 0 unspecified atom stereocenters. The number of benzene rings is 2. The SMILES string of the molecule is O=C(Nc1ncn(Cc2cccc(Cl)c2)n1)c1ccc(COc2ccc(F)cc2)o1. The van der Waals surface area contributed by atoms with E-state index in [0.717, 1.165) is 5.56 Å². The van der Waals surface area contributed by atoms with Gasteiger partial charge in [-0.1, -0.05) is 23.7 Å². The fraction of sp³-hybridized carbons (Fsp3) is 0.0952. The maximum Gasteiger partial charge on any atom is 0.293 e. The van der Waals surface area contributed by atoms with Gasteiger partial charge < -0.3 is 9.15 Å². The van der Waals surface area contributed by atoms with Crippen LogP contribution < -0.4 is 10.1 Å². The molecule has 0 aliphatic heterocycles. The molecule has 2 aromatic carbocycles. The van der Waals surface area contributed by atoms with Crippen LogP contribution >= 0.6 is 11.6 Å². The van der Waals surface area contributed by atoms with Crippen molar-refractivity contribution in [3.63, 3.8) is 0 Å². The van der Waals surface area contributed by atoms with Crippen LogP contribution in [0, 0.1) is 5.82 Å². The number of nitrogens with one attached hydrogen (secondary N) is 1. The molecule has 0 aliphatic rings. The minimum Gasteiger partial charge on any atom is -0.486 e. The van der Waals surface area contributed by atoms with E-state index >= 15 is 0 Å². The van der Waals surface area contributed by atoms with Gasteiger partial charge in [0.25, 0.3) is 5.91 Å². The molecular formula is C21H16ClFN4O3. The highest BCUT2D eigenvalue weighted by molar-refractivity contribution is 6.30. The molecule has 0 aliphatic carbocycles. The number of aromatic nitrogens is 3. The first-order valence-corrected chi connectivity index (χ1v) is 9.35. The van der Waals surface area contributed by atoms with Crippen LogP contribution in [0.25, 0.3) is 0 Å².